The minimum Gasteiger partial charge on any atom is -0.477 e. The Morgan fingerprint density at radius 3 is 2.62 bits per heavy atom. The van der Waals surface area contributed by atoms with Crippen LogP contribution >= 0.6 is 24.0 Å². The third-order valence-corrected chi connectivity index (χ3v) is 6.76. The summed E-state index contributed by atoms with van der Waals surface area (Å²) in [6.07, 6.45) is 7.25. The minimum atomic E-state index is -1.06. The predicted molar refractivity (Wildman–Crippen MR) is 94.9 cm³/mol. The van der Waals surface area contributed by atoms with Gasteiger partial charge in [-0.1, -0.05) is 6.08 Å². The fourth-order valence-corrected chi connectivity index (χ4v) is 4.89. The monoisotopic (exact) mass is 362 g/mol. The highest BCUT2D eigenvalue weighted by atomic mass is 32.1. The second-order valence-corrected chi connectivity index (χ2v) is 7.93. The number of hydrogen-bond acceptors (Lipinski definition) is 5. The predicted octanol–water partition coefficient (Wildman–Crippen LogP) is 2.89. The van der Waals surface area contributed by atoms with Gasteiger partial charge in [-0.2, -0.15) is 12.6 Å². The van der Waals surface area contributed by atoms with Crippen LogP contribution in [0.2, 0.25) is 0 Å². The van der Waals surface area contributed by atoms with Gasteiger partial charge in [0.1, 0.15) is 5.70 Å². The Morgan fingerprint density at radius 1 is 1.46 bits per heavy atom. The number of likely N-dealkylation sites (tertiary alicyclic amines) is 1. The highest BCUT2D eigenvalue weighted by Gasteiger charge is 2.82. The fraction of sp³-hybridized carbons (Fsp3) is 0.471. The molecule has 0 aromatic carbocycles. The van der Waals surface area contributed by atoms with E-state index in [0.717, 1.165) is 36.3 Å². The SMILES string of the molecule is Cc1ncsc1/C=C\C(CS)=C(/C(=O)O)N1C(=O)C2(CC2)C12CC2. The molecule has 4 rings (SSSR count). The van der Waals surface area contributed by atoms with Crippen molar-refractivity contribution in [2.75, 3.05) is 5.75 Å². The highest BCUT2D eigenvalue weighted by molar-refractivity contribution is 7.80. The van der Waals surface area contributed by atoms with Crippen molar-refractivity contribution in [2.24, 2.45) is 5.41 Å². The number of thiazole rings is 1. The first-order valence-corrected chi connectivity index (χ1v) is 9.48. The van der Waals surface area contributed by atoms with E-state index < -0.39 is 5.97 Å². The summed E-state index contributed by atoms with van der Waals surface area (Å²) >= 11 is 5.81. The van der Waals surface area contributed by atoms with Crippen LogP contribution in [0.5, 0.6) is 0 Å². The molecule has 2 spiro atoms. The molecule has 0 atom stereocenters. The van der Waals surface area contributed by atoms with Gasteiger partial charge in [0.05, 0.1) is 22.2 Å². The molecule has 0 bridgehead atoms. The quantitative estimate of drug-likeness (QED) is 0.366. The Kier molecular flexibility index (Phi) is 3.44. The van der Waals surface area contributed by atoms with E-state index in [1.807, 2.05) is 13.0 Å². The summed E-state index contributed by atoms with van der Waals surface area (Å²) in [5.74, 6) is -0.804. The van der Waals surface area contributed by atoms with Gasteiger partial charge in [0.15, 0.2) is 0 Å². The lowest BCUT2D eigenvalue weighted by Crippen LogP contribution is -2.65. The molecule has 7 heteroatoms. The number of nitrogens with zero attached hydrogens (tertiary/aromatic N) is 2. The maximum atomic E-state index is 12.6. The van der Waals surface area contributed by atoms with Crippen molar-refractivity contribution in [3.05, 3.63) is 33.4 Å². The molecule has 3 aliphatic rings. The Bertz CT molecular complexity index is 801. The van der Waals surface area contributed by atoms with E-state index in [4.69, 9.17) is 0 Å². The highest BCUT2D eigenvalue weighted by Crippen LogP contribution is 2.75. The molecule has 1 aliphatic heterocycles. The third kappa shape index (κ3) is 1.97. The maximum absolute atomic E-state index is 12.6. The molecule has 126 valence electrons. The minimum absolute atomic E-state index is 0.0148. The number of aromatic nitrogens is 1. The molecule has 1 N–H and O–H groups in total. The lowest BCUT2D eigenvalue weighted by atomic mass is 9.79. The first-order valence-electron chi connectivity index (χ1n) is 7.97. The number of aryl methyl sites for hydroxylation is 1. The van der Waals surface area contributed by atoms with Crippen LogP contribution in [-0.2, 0) is 9.59 Å². The van der Waals surface area contributed by atoms with Crippen LogP contribution in [0, 0.1) is 12.3 Å². The summed E-state index contributed by atoms with van der Waals surface area (Å²) < 4.78 is 0. The van der Waals surface area contributed by atoms with Crippen molar-refractivity contribution in [3.8, 4) is 0 Å². The zero-order valence-electron chi connectivity index (χ0n) is 13.3. The van der Waals surface area contributed by atoms with Gasteiger partial charge < -0.3 is 5.11 Å². The van der Waals surface area contributed by atoms with E-state index in [9.17, 15) is 14.7 Å². The molecule has 2 saturated carbocycles. The molecular weight excluding hydrogens is 344 g/mol. The summed E-state index contributed by atoms with van der Waals surface area (Å²) in [4.78, 5) is 31.3. The molecular formula is C17H18N2O3S2. The standard InChI is InChI=1S/C17H18N2O3S2/c1-10-12(24-9-18-10)3-2-11(8-23)13(14(20)21)19-15(22)16(4-5-16)17(19)6-7-17/h2-3,9,23H,4-8H2,1H3,(H,20,21)/b3-2-,13-11-. The number of β-lactam (4-membered cyclic amide) rings is 1. The number of allylic oxidation sites excluding steroid dienone is 1. The maximum Gasteiger partial charge on any atom is 0.352 e. The van der Waals surface area contributed by atoms with Crippen molar-refractivity contribution in [1.29, 1.82) is 0 Å². The van der Waals surface area contributed by atoms with E-state index in [-0.39, 0.29) is 28.3 Å². The first kappa shape index (κ1) is 15.9. The Hall–Kier alpha value is -1.60. The van der Waals surface area contributed by atoms with Crippen LogP contribution in [0.3, 0.4) is 0 Å². The second-order valence-electron chi connectivity index (χ2n) is 6.73. The zero-order chi connectivity index (χ0) is 17.1. The second kappa shape index (κ2) is 5.20. The fourth-order valence-electron chi connectivity index (χ4n) is 3.94. The van der Waals surface area contributed by atoms with Gasteiger partial charge in [0, 0.05) is 10.6 Å². The van der Waals surface area contributed by atoms with Gasteiger partial charge in [-0.3, -0.25) is 9.69 Å². The molecule has 2 aliphatic carbocycles. The van der Waals surface area contributed by atoms with Crippen molar-refractivity contribution < 1.29 is 14.7 Å². The van der Waals surface area contributed by atoms with Crippen LogP contribution in [-0.4, -0.2) is 38.2 Å². The van der Waals surface area contributed by atoms with Gasteiger partial charge in [0.25, 0.3) is 0 Å². The first-order chi connectivity index (χ1) is 11.5. The summed E-state index contributed by atoms with van der Waals surface area (Å²) in [6.45, 7) is 1.91. The average Bonchev–Trinajstić information content (AvgIpc) is 3.45. The Balaban J connectivity index is 1.72. The van der Waals surface area contributed by atoms with Crippen molar-refractivity contribution in [1.82, 2.24) is 9.88 Å². The molecule has 1 aromatic rings. The molecule has 2 heterocycles. The number of rotatable bonds is 5. The number of aliphatic carboxylic acids is 1. The largest absolute Gasteiger partial charge is 0.477 e. The molecule has 3 fully saturated rings. The number of fused-ring (bicyclic) bond motifs is 1. The van der Waals surface area contributed by atoms with Crippen molar-refractivity contribution >= 4 is 41.9 Å². The van der Waals surface area contributed by atoms with Crippen LogP contribution in [0.25, 0.3) is 6.08 Å². The average molecular weight is 362 g/mol. The summed E-state index contributed by atoms with van der Waals surface area (Å²) in [5, 5.41) is 9.76. The van der Waals surface area contributed by atoms with E-state index >= 15 is 0 Å². The molecule has 5 nitrogen and oxygen atoms in total. The number of amides is 1. The van der Waals surface area contributed by atoms with Gasteiger partial charge >= 0.3 is 5.97 Å². The van der Waals surface area contributed by atoms with Crippen molar-refractivity contribution in [2.45, 2.75) is 38.1 Å². The van der Waals surface area contributed by atoms with Gasteiger partial charge in [-0.15, -0.1) is 11.3 Å². The molecule has 0 unspecified atom stereocenters. The Labute approximate surface area is 149 Å². The number of thiol groups is 1. The van der Waals surface area contributed by atoms with E-state index in [1.54, 1.807) is 16.5 Å². The number of carboxylic acid groups (broad SMARTS) is 1. The van der Waals surface area contributed by atoms with E-state index in [1.165, 1.54) is 11.3 Å². The molecule has 1 amide bonds. The normalized spacial score (nSPS) is 23.6. The van der Waals surface area contributed by atoms with E-state index in [0.29, 0.717) is 5.57 Å². The van der Waals surface area contributed by atoms with E-state index in [2.05, 4.69) is 17.6 Å². The molecule has 1 saturated heterocycles. The van der Waals surface area contributed by atoms with Crippen LogP contribution in [0.4, 0.5) is 0 Å². The van der Waals surface area contributed by atoms with Crippen molar-refractivity contribution in [3.63, 3.8) is 0 Å². The van der Waals surface area contributed by atoms with Crippen LogP contribution in [0.15, 0.2) is 22.9 Å². The third-order valence-electron chi connectivity index (χ3n) is 5.52. The van der Waals surface area contributed by atoms with Crippen LogP contribution in [0.1, 0.15) is 36.3 Å². The Morgan fingerprint density at radius 2 is 2.17 bits per heavy atom. The lowest BCUT2D eigenvalue weighted by Gasteiger charge is -2.49. The van der Waals surface area contributed by atoms with Gasteiger partial charge in [-0.05, 0) is 44.3 Å². The number of carbonyl (C=O) groups excluding carboxylic acids is 1. The van der Waals surface area contributed by atoms with Gasteiger partial charge in [0.2, 0.25) is 5.91 Å². The van der Waals surface area contributed by atoms with Gasteiger partial charge in [-0.25, -0.2) is 9.78 Å². The summed E-state index contributed by atoms with van der Waals surface area (Å²) in [5.41, 5.74) is 2.86. The zero-order valence-corrected chi connectivity index (χ0v) is 15.0. The summed E-state index contributed by atoms with van der Waals surface area (Å²) in [6, 6.07) is 0. The number of carbonyl (C=O) groups is 2. The lowest BCUT2D eigenvalue weighted by molar-refractivity contribution is -0.163. The van der Waals surface area contributed by atoms with Crippen LogP contribution < -0.4 is 0 Å². The smallest absolute Gasteiger partial charge is 0.352 e. The summed E-state index contributed by atoms with van der Waals surface area (Å²) in [7, 11) is 0. The molecule has 24 heavy (non-hydrogen) atoms. The molecule has 0 radical (unpaired) electrons. The number of hydrogen-bond donors (Lipinski definition) is 2. The number of carboxylic acids is 1. The molecule has 1 aromatic heterocycles. The topological polar surface area (TPSA) is 70.5 Å².